The van der Waals surface area contributed by atoms with E-state index in [9.17, 15) is 5.11 Å². The summed E-state index contributed by atoms with van der Waals surface area (Å²) in [4.78, 5) is 2.39. The molecule has 2 aliphatic rings. The zero-order chi connectivity index (χ0) is 12.5. The molecule has 2 N–H and O–H groups in total. The van der Waals surface area contributed by atoms with E-state index in [4.69, 9.17) is 4.74 Å². The van der Waals surface area contributed by atoms with Gasteiger partial charge in [-0.1, -0.05) is 13.8 Å². The van der Waals surface area contributed by atoms with Crippen LogP contribution in [0.2, 0.25) is 0 Å². The highest BCUT2D eigenvalue weighted by atomic mass is 16.5. The van der Waals surface area contributed by atoms with Crippen LogP contribution in [0.25, 0.3) is 0 Å². The summed E-state index contributed by atoms with van der Waals surface area (Å²) in [5.74, 6) is 0.223. The zero-order valence-corrected chi connectivity index (χ0v) is 11.3. The second-order valence-corrected chi connectivity index (χ2v) is 5.65. The van der Waals surface area contributed by atoms with Crippen molar-refractivity contribution < 1.29 is 9.84 Å². The molecule has 0 amide bonds. The Kier molecular flexibility index (Phi) is 4.08. The fraction of sp³-hybridized carbons (Fsp3) is 1.00. The highest BCUT2D eigenvalue weighted by molar-refractivity contribution is 4.97. The predicted octanol–water partition coefficient (Wildman–Crippen LogP) is 0.456. The molecular formula is C13H26N2O2. The standard InChI is InChI=1S/C13H26N2O2/c1-4-13(3)10(2)12(16)11(17-13)9-15-7-5-14-6-8-15/h10-12,14,16H,4-9H2,1-3H3. The van der Waals surface area contributed by atoms with E-state index in [1.165, 1.54) is 0 Å². The largest absolute Gasteiger partial charge is 0.390 e. The summed E-state index contributed by atoms with van der Waals surface area (Å²) in [6.07, 6.45) is 0.617. The van der Waals surface area contributed by atoms with Crippen LogP contribution >= 0.6 is 0 Å². The maximum absolute atomic E-state index is 10.3. The van der Waals surface area contributed by atoms with Crippen molar-refractivity contribution in [1.82, 2.24) is 10.2 Å². The minimum atomic E-state index is -0.324. The van der Waals surface area contributed by atoms with Gasteiger partial charge in [0.2, 0.25) is 0 Å². The molecule has 0 aliphatic carbocycles. The Hall–Kier alpha value is -0.160. The Bertz CT molecular complexity index is 256. The maximum Gasteiger partial charge on any atom is 0.0971 e. The molecule has 2 heterocycles. The summed E-state index contributed by atoms with van der Waals surface area (Å²) in [7, 11) is 0. The van der Waals surface area contributed by atoms with Crippen molar-refractivity contribution in [2.24, 2.45) is 5.92 Å². The number of aliphatic hydroxyl groups excluding tert-OH is 1. The summed E-state index contributed by atoms with van der Waals surface area (Å²) in [6.45, 7) is 11.4. The molecule has 100 valence electrons. The van der Waals surface area contributed by atoms with Crippen molar-refractivity contribution in [3.63, 3.8) is 0 Å². The minimum absolute atomic E-state index is 0.0203. The van der Waals surface area contributed by atoms with E-state index in [-0.39, 0.29) is 23.7 Å². The lowest BCUT2D eigenvalue weighted by molar-refractivity contribution is -0.0624. The zero-order valence-electron chi connectivity index (χ0n) is 11.3. The first kappa shape index (κ1) is 13.3. The lowest BCUT2D eigenvalue weighted by Gasteiger charge is -2.31. The molecule has 0 aromatic rings. The van der Waals surface area contributed by atoms with Crippen molar-refractivity contribution in [1.29, 1.82) is 0 Å². The van der Waals surface area contributed by atoms with Gasteiger partial charge in [0, 0.05) is 38.6 Å². The van der Waals surface area contributed by atoms with Crippen LogP contribution in [0.5, 0.6) is 0 Å². The highest BCUT2D eigenvalue weighted by Gasteiger charge is 2.48. The number of rotatable bonds is 3. The van der Waals surface area contributed by atoms with Crippen LogP contribution in [0.15, 0.2) is 0 Å². The first-order chi connectivity index (χ1) is 8.07. The molecule has 17 heavy (non-hydrogen) atoms. The van der Waals surface area contributed by atoms with Gasteiger partial charge in [-0.3, -0.25) is 4.90 Å². The van der Waals surface area contributed by atoms with E-state index in [0.717, 1.165) is 39.1 Å². The minimum Gasteiger partial charge on any atom is -0.390 e. The molecule has 4 unspecified atom stereocenters. The van der Waals surface area contributed by atoms with E-state index in [0.29, 0.717) is 0 Å². The van der Waals surface area contributed by atoms with Crippen LogP contribution in [0, 0.1) is 5.92 Å². The Balaban J connectivity index is 1.93. The van der Waals surface area contributed by atoms with Crippen LogP contribution in [-0.4, -0.2) is 60.5 Å². The second kappa shape index (κ2) is 5.22. The molecule has 0 radical (unpaired) electrons. The Labute approximate surface area is 104 Å². The average molecular weight is 242 g/mol. The van der Waals surface area contributed by atoms with Crippen molar-refractivity contribution in [3.8, 4) is 0 Å². The fourth-order valence-electron chi connectivity index (χ4n) is 2.90. The Morgan fingerprint density at radius 2 is 2.06 bits per heavy atom. The average Bonchev–Trinajstić information content (AvgIpc) is 2.56. The van der Waals surface area contributed by atoms with Gasteiger partial charge in [0.05, 0.1) is 17.8 Å². The third-order valence-corrected chi connectivity index (χ3v) is 4.63. The number of nitrogens with zero attached hydrogens (tertiary/aromatic N) is 1. The van der Waals surface area contributed by atoms with Gasteiger partial charge in [0.25, 0.3) is 0 Å². The number of piperazine rings is 1. The Morgan fingerprint density at radius 1 is 1.41 bits per heavy atom. The van der Waals surface area contributed by atoms with E-state index in [1.54, 1.807) is 0 Å². The van der Waals surface area contributed by atoms with Gasteiger partial charge >= 0.3 is 0 Å². The molecule has 4 atom stereocenters. The maximum atomic E-state index is 10.3. The van der Waals surface area contributed by atoms with Crippen LogP contribution in [0.4, 0.5) is 0 Å². The van der Waals surface area contributed by atoms with Gasteiger partial charge in [0.15, 0.2) is 0 Å². The first-order valence-electron chi connectivity index (χ1n) is 6.86. The molecule has 4 nitrogen and oxygen atoms in total. The molecule has 2 aliphatic heterocycles. The molecule has 2 rings (SSSR count). The Morgan fingerprint density at radius 3 is 2.59 bits per heavy atom. The first-order valence-corrected chi connectivity index (χ1v) is 6.86. The fourth-order valence-corrected chi connectivity index (χ4v) is 2.90. The van der Waals surface area contributed by atoms with E-state index >= 15 is 0 Å². The molecule has 4 heteroatoms. The second-order valence-electron chi connectivity index (χ2n) is 5.65. The quantitative estimate of drug-likeness (QED) is 0.754. The summed E-state index contributed by atoms with van der Waals surface area (Å²) < 4.78 is 6.11. The molecule has 0 bridgehead atoms. The normalized spacial score (nSPS) is 44.1. The molecule has 0 spiro atoms. The van der Waals surface area contributed by atoms with Gasteiger partial charge in [-0.15, -0.1) is 0 Å². The topological polar surface area (TPSA) is 44.7 Å². The van der Waals surface area contributed by atoms with Crippen LogP contribution in [0.1, 0.15) is 27.2 Å². The predicted molar refractivity (Wildman–Crippen MR) is 68.0 cm³/mol. The number of aliphatic hydroxyl groups is 1. The summed E-state index contributed by atoms with van der Waals surface area (Å²) in [6, 6.07) is 0. The van der Waals surface area contributed by atoms with Crippen molar-refractivity contribution >= 4 is 0 Å². The molecule has 0 saturated carbocycles. The summed E-state index contributed by atoms with van der Waals surface area (Å²) in [5, 5.41) is 13.6. The van der Waals surface area contributed by atoms with Gasteiger partial charge in [-0.2, -0.15) is 0 Å². The van der Waals surface area contributed by atoms with E-state index in [1.807, 2.05) is 0 Å². The number of hydrogen-bond acceptors (Lipinski definition) is 4. The molecule has 2 saturated heterocycles. The van der Waals surface area contributed by atoms with E-state index in [2.05, 4.69) is 31.0 Å². The highest BCUT2D eigenvalue weighted by Crippen LogP contribution is 2.38. The van der Waals surface area contributed by atoms with Gasteiger partial charge in [-0.05, 0) is 13.3 Å². The SMILES string of the molecule is CCC1(C)OC(CN2CCNCC2)C(O)C1C. The van der Waals surface area contributed by atoms with Crippen molar-refractivity contribution in [2.75, 3.05) is 32.7 Å². The van der Waals surface area contributed by atoms with Crippen molar-refractivity contribution in [3.05, 3.63) is 0 Å². The van der Waals surface area contributed by atoms with Gasteiger partial charge in [-0.25, -0.2) is 0 Å². The number of ether oxygens (including phenoxy) is 1. The van der Waals surface area contributed by atoms with Gasteiger partial charge in [0.1, 0.15) is 0 Å². The van der Waals surface area contributed by atoms with Crippen LogP contribution < -0.4 is 5.32 Å². The molecule has 0 aromatic heterocycles. The molecular weight excluding hydrogens is 216 g/mol. The van der Waals surface area contributed by atoms with Gasteiger partial charge < -0.3 is 15.2 Å². The lowest BCUT2D eigenvalue weighted by atomic mass is 9.86. The summed E-state index contributed by atoms with van der Waals surface area (Å²) in [5.41, 5.74) is -0.155. The van der Waals surface area contributed by atoms with Crippen LogP contribution in [-0.2, 0) is 4.74 Å². The monoisotopic (exact) mass is 242 g/mol. The third-order valence-electron chi connectivity index (χ3n) is 4.63. The number of hydrogen-bond donors (Lipinski definition) is 2. The lowest BCUT2D eigenvalue weighted by Crippen LogP contribution is -2.48. The van der Waals surface area contributed by atoms with Crippen LogP contribution in [0.3, 0.4) is 0 Å². The smallest absolute Gasteiger partial charge is 0.0971 e. The van der Waals surface area contributed by atoms with E-state index < -0.39 is 0 Å². The third kappa shape index (κ3) is 2.65. The number of nitrogens with one attached hydrogen (secondary N) is 1. The van der Waals surface area contributed by atoms with Crippen molar-refractivity contribution in [2.45, 2.75) is 45.0 Å². The molecule has 2 fully saturated rings. The molecule has 0 aromatic carbocycles. The summed E-state index contributed by atoms with van der Waals surface area (Å²) >= 11 is 0.